The Morgan fingerprint density at radius 2 is 1.92 bits per heavy atom. The van der Waals surface area contributed by atoms with Crippen molar-refractivity contribution < 1.29 is 41.7 Å². The minimum absolute atomic E-state index is 0.0135. The molecule has 1 aromatic carbocycles. The molecule has 1 aromatic heterocycles. The van der Waals surface area contributed by atoms with E-state index in [0.29, 0.717) is 0 Å². The van der Waals surface area contributed by atoms with Gasteiger partial charge in [0.05, 0.1) is 6.16 Å². The van der Waals surface area contributed by atoms with Gasteiger partial charge in [0.25, 0.3) is 0 Å². The first-order valence-corrected chi connectivity index (χ1v) is 8.15. The average Bonchev–Trinajstić information content (AvgIpc) is 2.46. The topological polar surface area (TPSA) is 101 Å². The zero-order chi connectivity index (χ0) is 18.5. The molecule has 0 bridgehead atoms. The SMILES string of the molecule is COP(=O)(O)Cc1c[n+](C)nc2ccccc12.O=C(O)C(F)(F)F. The lowest BCUT2D eigenvalue weighted by molar-refractivity contribution is -0.728. The lowest BCUT2D eigenvalue weighted by atomic mass is 10.1. The van der Waals surface area contributed by atoms with Crippen LogP contribution in [0.15, 0.2) is 30.5 Å². The summed E-state index contributed by atoms with van der Waals surface area (Å²) in [6, 6.07) is 7.51. The molecular formula is C13H15F3N2O5P+. The molecule has 132 valence electrons. The molecule has 0 saturated heterocycles. The first-order valence-electron chi connectivity index (χ1n) is 6.38. The second-order valence-corrected chi connectivity index (χ2v) is 6.58. The molecule has 0 saturated carbocycles. The summed E-state index contributed by atoms with van der Waals surface area (Å²) in [5.41, 5.74) is 1.55. The van der Waals surface area contributed by atoms with Crippen LogP contribution in [0, 0.1) is 0 Å². The van der Waals surface area contributed by atoms with Gasteiger partial charge in [-0.2, -0.15) is 13.2 Å². The Bertz CT molecular complexity index is 782. The number of halogens is 3. The van der Waals surface area contributed by atoms with Crippen molar-refractivity contribution in [3.05, 3.63) is 36.0 Å². The summed E-state index contributed by atoms with van der Waals surface area (Å²) in [4.78, 5) is 18.4. The zero-order valence-electron chi connectivity index (χ0n) is 12.7. The van der Waals surface area contributed by atoms with Crippen molar-refractivity contribution in [1.82, 2.24) is 5.10 Å². The second kappa shape index (κ2) is 7.69. The summed E-state index contributed by atoms with van der Waals surface area (Å²) in [5, 5.41) is 12.3. The predicted octanol–water partition coefficient (Wildman–Crippen LogP) is 2.02. The number of benzene rings is 1. The number of hydrogen-bond donors (Lipinski definition) is 2. The molecule has 1 heterocycles. The summed E-state index contributed by atoms with van der Waals surface area (Å²) in [6.45, 7) is 0. The molecular weight excluding hydrogens is 352 g/mol. The van der Waals surface area contributed by atoms with E-state index in [4.69, 9.17) is 9.90 Å². The van der Waals surface area contributed by atoms with Gasteiger partial charge in [0.2, 0.25) is 0 Å². The maximum Gasteiger partial charge on any atom is 0.490 e. The van der Waals surface area contributed by atoms with Gasteiger partial charge in [0, 0.05) is 18.1 Å². The highest BCUT2D eigenvalue weighted by atomic mass is 31.2. The van der Waals surface area contributed by atoms with E-state index in [1.54, 1.807) is 17.9 Å². The van der Waals surface area contributed by atoms with Crippen LogP contribution >= 0.6 is 7.60 Å². The fraction of sp³-hybridized carbons (Fsp3) is 0.308. The summed E-state index contributed by atoms with van der Waals surface area (Å²) in [7, 11) is -0.538. The molecule has 24 heavy (non-hydrogen) atoms. The Morgan fingerprint density at radius 1 is 1.38 bits per heavy atom. The Balaban J connectivity index is 0.000000351. The molecule has 7 nitrogen and oxygen atoms in total. The number of aliphatic carboxylic acids is 1. The third-order valence-electron chi connectivity index (χ3n) is 2.76. The highest BCUT2D eigenvalue weighted by Crippen LogP contribution is 2.45. The van der Waals surface area contributed by atoms with E-state index in [0.717, 1.165) is 16.5 Å². The summed E-state index contributed by atoms with van der Waals surface area (Å²) < 4.78 is 49.6. The van der Waals surface area contributed by atoms with E-state index in [-0.39, 0.29) is 6.16 Å². The number of nitrogens with zero attached hydrogens (tertiary/aromatic N) is 2. The van der Waals surface area contributed by atoms with Gasteiger partial charge in [0.15, 0.2) is 13.2 Å². The van der Waals surface area contributed by atoms with Crippen LogP contribution in [0.2, 0.25) is 0 Å². The molecule has 0 aliphatic heterocycles. The summed E-state index contributed by atoms with van der Waals surface area (Å²) in [6.07, 6.45) is -3.36. The van der Waals surface area contributed by atoms with E-state index in [9.17, 15) is 22.6 Å². The first kappa shape index (κ1) is 20.0. The normalized spacial score (nSPS) is 13.8. The van der Waals surface area contributed by atoms with E-state index < -0.39 is 19.7 Å². The van der Waals surface area contributed by atoms with E-state index >= 15 is 0 Å². The fourth-order valence-corrected chi connectivity index (χ4v) is 2.54. The molecule has 0 aliphatic rings. The van der Waals surface area contributed by atoms with Crippen LogP contribution in [0.4, 0.5) is 13.2 Å². The lowest BCUT2D eigenvalue weighted by Crippen LogP contribution is -2.33. The summed E-state index contributed by atoms with van der Waals surface area (Å²) in [5.74, 6) is -2.76. The molecule has 1 unspecified atom stereocenters. The number of fused-ring (bicyclic) bond motifs is 1. The van der Waals surface area contributed by atoms with Gasteiger partial charge >= 0.3 is 19.7 Å². The van der Waals surface area contributed by atoms with Crippen molar-refractivity contribution >= 4 is 24.5 Å². The van der Waals surface area contributed by atoms with E-state index in [1.165, 1.54) is 7.11 Å². The molecule has 0 fully saturated rings. The Hall–Kier alpha value is -2.03. The van der Waals surface area contributed by atoms with Crippen LogP contribution in [0.25, 0.3) is 10.9 Å². The van der Waals surface area contributed by atoms with Gasteiger partial charge < -0.3 is 14.5 Å². The Labute approximate surface area is 134 Å². The van der Waals surface area contributed by atoms with Gasteiger partial charge in [-0.1, -0.05) is 22.9 Å². The Kier molecular flexibility index (Phi) is 6.42. The molecule has 2 N–H and O–H groups in total. The first-order chi connectivity index (χ1) is 11.0. The largest absolute Gasteiger partial charge is 0.490 e. The number of carboxylic acids is 1. The molecule has 0 aliphatic carbocycles. The average molecular weight is 367 g/mol. The highest BCUT2D eigenvalue weighted by molar-refractivity contribution is 7.51. The number of aryl methyl sites for hydroxylation is 1. The zero-order valence-corrected chi connectivity index (χ0v) is 13.6. The molecule has 0 radical (unpaired) electrons. The van der Waals surface area contributed by atoms with Crippen molar-refractivity contribution in [3.8, 4) is 0 Å². The van der Waals surface area contributed by atoms with Gasteiger partial charge in [-0.25, -0.2) is 4.79 Å². The number of aromatic nitrogens is 2. The van der Waals surface area contributed by atoms with Gasteiger partial charge in [0.1, 0.15) is 5.52 Å². The molecule has 2 rings (SSSR count). The van der Waals surface area contributed by atoms with E-state index in [1.807, 2.05) is 24.3 Å². The molecule has 11 heteroatoms. The van der Waals surface area contributed by atoms with Crippen molar-refractivity contribution in [2.45, 2.75) is 12.3 Å². The minimum atomic E-state index is -5.08. The van der Waals surface area contributed by atoms with Crippen molar-refractivity contribution in [1.29, 1.82) is 0 Å². The standard InChI is InChI=1S/C11H13N2O3P.C2HF3O2/c1-13-7-9(8-17(14,15)16-2)10-5-3-4-6-11(10)12-13;3-2(4,5)1(6)7/h3-7H,8H2,1-2H3;(H,6,7)/p+1. The molecule has 1 atom stereocenters. The van der Waals surface area contributed by atoms with Crippen LogP contribution in [0.1, 0.15) is 5.56 Å². The highest BCUT2D eigenvalue weighted by Gasteiger charge is 2.38. The second-order valence-electron chi connectivity index (χ2n) is 4.63. The third kappa shape index (κ3) is 5.88. The van der Waals surface area contributed by atoms with Crippen LogP contribution in [-0.2, 0) is 27.1 Å². The van der Waals surface area contributed by atoms with Crippen LogP contribution < -0.4 is 4.68 Å². The number of carboxylic acid groups (broad SMARTS) is 1. The quantitative estimate of drug-likeness (QED) is 0.636. The number of hydrogen-bond acceptors (Lipinski definition) is 4. The lowest BCUT2D eigenvalue weighted by Gasteiger charge is -2.08. The van der Waals surface area contributed by atoms with Gasteiger partial charge in [-0.05, 0) is 11.2 Å². The molecule has 0 amide bonds. The molecule has 2 aromatic rings. The van der Waals surface area contributed by atoms with E-state index in [2.05, 4.69) is 9.62 Å². The molecule has 0 spiro atoms. The maximum atomic E-state index is 11.6. The predicted molar refractivity (Wildman–Crippen MR) is 77.1 cm³/mol. The van der Waals surface area contributed by atoms with Crippen LogP contribution in [0.3, 0.4) is 0 Å². The summed E-state index contributed by atoms with van der Waals surface area (Å²) >= 11 is 0. The maximum absolute atomic E-state index is 11.6. The monoisotopic (exact) mass is 367 g/mol. The smallest absolute Gasteiger partial charge is 0.475 e. The van der Waals surface area contributed by atoms with Gasteiger partial charge in [-0.3, -0.25) is 4.57 Å². The minimum Gasteiger partial charge on any atom is -0.475 e. The number of alkyl halides is 3. The van der Waals surface area contributed by atoms with Gasteiger partial charge in [-0.15, -0.1) is 0 Å². The number of carbonyl (C=O) groups is 1. The van der Waals surface area contributed by atoms with Crippen molar-refractivity contribution in [2.24, 2.45) is 7.05 Å². The number of rotatable bonds is 3. The van der Waals surface area contributed by atoms with Crippen molar-refractivity contribution in [2.75, 3.05) is 7.11 Å². The van der Waals surface area contributed by atoms with Crippen LogP contribution in [0.5, 0.6) is 0 Å². The fourth-order valence-electron chi connectivity index (χ4n) is 1.73. The third-order valence-corrected chi connectivity index (χ3v) is 4.07. The van der Waals surface area contributed by atoms with Crippen molar-refractivity contribution in [3.63, 3.8) is 0 Å². The van der Waals surface area contributed by atoms with Crippen LogP contribution in [-0.4, -0.2) is 34.4 Å². The Morgan fingerprint density at radius 3 is 2.42 bits per heavy atom.